The van der Waals surface area contributed by atoms with Gasteiger partial charge >= 0.3 is 0 Å². The Bertz CT molecular complexity index is 713. The zero-order valence-electron chi connectivity index (χ0n) is 15.3. The van der Waals surface area contributed by atoms with Crippen LogP contribution in [0.4, 0.5) is 0 Å². The molecular weight excluding hydrogens is 308 g/mol. The van der Waals surface area contributed by atoms with E-state index in [1.807, 2.05) is 6.92 Å². The average Bonchev–Trinajstić information content (AvgIpc) is 2.63. The first-order valence-electron chi connectivity index (χ1n) is 9.26. The van der Waals surface area contributed by atoms with E-state index in [2.05, 4.69) is 71.7 Å². The third kappa shape index (κ3) is 4.10. The van der Waals surface area contributed by atoms with Gasteiger partial charge in [0.2, 0.25) is 5.91 Å². The van der Waals surface area contributed by atoms with Gasteiger partial charge in [-0.2, -0.15) is 0 Å². The molecule has 0 spiro atoms. The summed E-state index contributed by atoms with van der Waals surface area (Å²) in [5, 5.41) is 3.01. The van der Waals surface area contributed by atoms with E-state index in [1.54, 1.807) is 0 Å². The number of nitrogens with zero attached hydrogens (tertiary/aromatic N) is 1. The van der Waals surface area contributed by atoms with Crippen LogP contribution in [0.15, 0.2) is 54.6 Å². The molecule has 0 radical (unpaired) electrons. The van der Waals surface area contributed by atoms with Crippen LogP contribution in [0, 0.1) is 5.41 Å². The van der Waals surface area contributed by atoms with Crippen LogP contribution >= 0.6 is 0 Å². The van der Waals surface area contributed by atoms with E-state index in [4.69, 9.17) is 0 Å². The van der Waals surface area contributed by atoms with Crippen LogP contribution in [-0.2, 0) is 11.3 Å². The van der Waals surface area contributed by atoms with Crippen LogP contribution < -0.4 is 5.32 Å². The lowest BCUT2D eigenvalue weighted by Gasteiger charge is -2.39. The lowest BCUT2D eigenvalue weighted by Crippen LogP contribution is -2.50. The molecule has 1 fully saturated rings. The second-order valence-corrected chi connectivity index (χ2v) is 7.26. The maximum Gasteiger partial charge on any atom is 0.227 e. The van der Waals surface area contributed by atoms with Crippen molar-refractivity contribution in [2.24, 2.45) is 5.41 Å². The molecule has 1 aliphatic rings. The van der Waals surface area contributed by atoms with E-state index in [9.17, 15) is 4.79 Å². The van der Waals surface area contributed by atoms with Gasteiger partial charge in [0.15, 0.2) is 0 Å². The fourth-order valence-electron chi connectivity index (χ4n) is 3.84. The number of rotatable bonds is 5. The molecule has 25 heavy (non-hydrogen) atoms. The fourth-order valence-corrected chi connectivity index (χ4v) is 3.84. The van der Waals surface area contributed by atoms with Crippen molar-refractivity contribution in [2.45, 2.75) is 33.2 Å². The summed E-state index contributed by atoms with van der Waals surface area (Å²) in [5.41, 5.74) is 3.58. The minimum Gasteiger partial charge on any atom is -0.356 e. The molecule has 3 rings (SSSR count). The van der Waals surface area contributed by atoms with E-state index in [-0.39, 0.29) is 11.3 Å². The number of carbonyl (C=O) groups excluding carboxylic acids is 1. The van der Waals surface area contributed by atoms with Gasteiger partial charge in [0.05, 0.1) is 5.41 Å². The van der Waals surface area contributed by atoms with Crippen LogP contribution in [-0.4, -0.2) is 30.4 Å². The number of amides is 1. The number of benzene rings is 2. The average molecular weight is 336 g/mol. The van der Waals surface area contributed by atoms with Gasteiger partial charge < -0.3 is 5.32 Å². The number of hydrogen-bond donors (Lipinski definition) is 1. The second kappa shape index (κ2) is 7.83. The molecule has 0 bridgehead atoms. The molecule has 0 aliphatic carbocycles. The van der Waals surface area contributed by atoms with E-state index in [0.29, 0.717) is 6.54 Å². The lowest BCUT2D eigenvalue weighted by atomic mass is 9.80. The molecule has 2 aromatic rings. The van der Waals surface area contributed by atoms with E-state index in [0.717, 1.165) is 32.5 Å². The van der Waals surface area contributed by atoms with Crippen molar-refractivity contribution in [3.63, 3.8) is 0 Å². The quantitative estimate of drug-likeness (QED) is 0.892. The standard InChI is InChI=1S/C22H28N2O/c1-3-23-21(25)22(2)14-9-15-24(17-22)16-19-12-7-8-13-20(19)18-10-5-4-6-11-18/h4-8,10-13H,3,9,14-17H2,1-2H3,(H,23,25). The van der Waals surface area contributed by atoms with Gasteiger partial charge in [-0.1, -0.05) is 54.6 Å². The normalized spacial score (nSPS) is 21.0. The lowest BCUT2D eigenvalue weighted by molar-refractivity contribution is -0.133. The maximum absolute atomic E-state index is 12.5. The van der Waals surface area contributed by atoms with Crippen molar-refractivity contribution >= 4 is 5.91 Å². The number of piperidine rings is 1. The first-order chi connectivity index (χ1) is 12.1. The van der Waals surface area contributed by atoms with Gasteiger partial charge in [-0.25, -0.2) is 0 Å². The molecule has 132 valence electrons. The Morgan fingerprint density at radius 1 is 1.12 bits per heavy atom. The summed E-state index contributed by atoms with van der Waals surface area (Å²) in [6.07, 6.45) is 2.04. The summed E-state index contributed by atoms with van der Waals surface area (Å²) in [6, 6.07) is 19.1. The molecule has 1 heterocycles. The van der Waals surface area contributed by atoms with Gasteiger partial charge in [0.25, 0.3) is 0 Å². The molecule has 0 aromatic heterocycles. The number of nitrogens with one attached hydrogen (secondary N) is 1. The highest BCUT2D eigenvalue weighted by Crippen LogP contribution is 2.32. The van der Waals surface area contributed by atoms with Crippen LogP contribution in [0.3, 0.4) is 0 Å². The molecule has 1 aliphatic heterocycles. The Morgan fingerprint density at radius 3 is 2.60 bits per heavy atom. The van der Waals surface area contributed by atoms with Crippen LogP contribution in [0.25, 0.3) is 11.1 Å². The Labute approximate surface area is 151 Å². The Balaban J connectivity index is 1.78. The molecule has 2 aromatic carbocycles. The maximum atomic E-state index is 12.5. The fraction of sp³-hybridized carbons (Fsp3) is 0.409. The molecule has 1 unspecified atom stereocenters. The van der Waals surface area contributed by atoms with Crippen molar-refractivity contribution in [2.75, 3.05) is 19.6 Å². The molecular formula is C22H28N2O. The third-order valence-corrected chi connectivity index (χ3v) is 5.16. The van der Waals surface area contributed by atoms with Crippen LogP contribution in [0.2, 0.25) is 0 Å². The van der Waals surface area contributed by atoms with Crippen molar-refractivity contribution < 1.29 is 4.79 Å². The molecule has 3 nitrogen and oxygen atoms in total. The monoisotopic (exact) mass is 336 g/mol. The number of likely N-dealkylation sites (tertiary alicyclic amines) is 1. The van der Waals surface area contributed by atoms with E-state index < -0.39 is 0 Å². The summed E-state index contributed by atoms with van der Waals surface area (Å²) in [6.45, 7) is 7.55. The van der Waals surface area contributed by atoms with E-state index in [1.165, 1.54) is 16.7 Å². The highest BCUT2D eigenvalue weighted by Gasteiger charge is 2.37. The number of carbonyl (C=O) groups is 1. The molecule has 1 N–H and O–H groups in total. The zero-order chi connectivity index (χ0) is 17.7. The van der Waals surface area contributed by atoms with E-state index >= 15 is 0 Å². The van der Waals surface area contributed by atoms with Gasteiger partial charge in [0, 0.05) is 19.6 Å². The first-order valence-corrected chi connectivity index (χ1v) is 9.26. The van der Waals surface area contributed by atoms with Crippen molar-refractivity contribution in [1.82, 2.24) is 10.2 Å². The Kier molecular flexibility index (Phi) is 5.54. The topological polar surface area (TPSA) is 32.3 Å². The molecule has 1 amide bonds. The molecule has 0 saturated carbocycles. The summed E-state index contributed by atoms with van der Waals surface area (Å²) >= 11 is 0. The zero-order valence-corrected chi connectivity index (χ0v) is 15.3. The third-order valence-electron chi connectivity index (χ3n) is 5.16. The summed E-state index contributed by atoms with van der Waals surface area (Å²) in [7, 11) is 0. The van der Waals surface area contributed by atoms with Crippen molar-refractivity contribution in [3.8, 4) is 11.1 Å². The minimum atomic E-state index is -0.282. The summed E-state index contributed by atoms with van der Waals surface area (Å²) in [5.74, 6) is 0.191. The summed E-state index contributed by atoms with van der Waals surface area (Å²) < 4.78 is 0. The minimum absolute atomic E-state index is 0.191. The first kappa shape index (κ1) is 17.7. The predicted molar refractivity (Wildman–Crippen MR) is 103 cm³/mol. The second-order valence-electron chi connectivity index (χ2n) is 7.26. The smallest absolute Gasteiger partial charge is 0.227 e. The van der Waals surface area contributed by atoms with Crippen molar-refractivity contribution in [1.29, 1.82) is 0 Å². The largest absolute Gasteiger partial charge is 0.356 e. The molecule has 1 atom stereocenters. The number of hydrogen-bond acceptors (Lipinski definition) is 2. The highest BCUT2D eigenvalue weighted by molar-refractivity contribution is 5.82. The van der Waals surface area contributed by atoms with Crippen LogP contribution in [0.5, 0.6) is 0 Å². The van der Waals surface area contributed by atoms with Crippen LogP contribution in [0.1, 0.15) is 32.3 Å². The van der Waals surface area contributed by atoms with Crippen molar-refractivity contribution in [3.05, 3.63) is 60.2 Å². The Morgan fingerprint density at radius 2 is 1.84 bits per heavy atom. The Hall–Kier alpha value is -2.13. The van der Waals surface area contributed by atoms with Gasteiger partial charge in [0.1, 0.15) is 0 Å². The highest BCUT2D eigenvalue weighted by atomic mass is 16.2. The van der Waals surface area contributed by atoms with Gasteiger partial charge in [-0.05, 0) is 49.9 Å². The summed E-state index contributed by atoms with van der Waals surface area (Å²) in [4.78, 5) is 14.9. The SMILES string of the molecule is CCNC(=O)C1(C)CCCN(Cc2ccccc2-c2ccccc2)C1. The predicted octanol–water partition coefficient (Wildman–Crippen LogP) is 4.09. The van der Waals surface area contributed by atoms with Gasteiger partial charge in [-0.15, -0.1) is 0 Å². The van der Waals surface area contributed by atoms with Gasteiger partial charge in [-0.3, -0.25) is 9.69 Å². The molecule has 3 heteroatoms. The molecule has 1 saturated heterocycles.